The maximum Gasteiger partial charge on any atom is 0.310 e. The predicted molar refractivity (Wildman–Crippen MR) is 54.2 cm³/mol. The molecule has 0 bridgehead atoms. The summed E-state index contributed by atoms with van der Waals surface area (Å²) >= 11 is 0. The molecular weight excluding hydrogens is 220 g/mol. The second kappa shape index (κ2) is 5.77. The summed E-state index contributed by atoms with van der Waals surface area (Å²) in [7, 11) is 0. The monoisotopic (exact) mass is 237 g/mol. The molecule has 94 valence electrons. The fraction of sp³-hybridized carbons (Fsp3) is 0.800. The number of carboxylic acids is 1. The van der Waals surface area contributed by atoms with Crippen LogP contribution in [-0.4, -0.2) is 30.0 Å². The summed E-state index contributed by atoms with van der Waals surface area (Å²) in [6.07, 6.45) is -2.92. The van der Waals surface area contributed by atoms with Gasteiger partial charge in [-0.05, 0) is 12.8 Å². The lowest BCUT2D eigenvalue weighted by molar-refractivity contribution is -0.153. The third-order valence-corrected chi connectivity index (χ3v) is 2.74. The van der Waals surface area contributed by atoms with Gasteiger partial charge in [0.1, 0.15) is 0 Å². The van der Waals surface area contributed by atoms with Gasteiger partial charge < -0.3 is 10.4 Å². The fourth-order valence-corrected chi connectivity index (χ4v) is 1.11. The van der Waals surface area contributed by atoms with Gasteiger partial charge in [-0.3, -0.25) is 9.59 Å². The average Bonchev–Trinajstić information content (AvgIpc) is 2.13. The molecule has 0 aliphatic rings. The Labute approximate surface area is 93.0 Å². The third-order valence-electron chi connectivity index (χ3n) is 2.74. The largest absolute Gasteiger partial charge is 0.481 e. The summed E-state index contributed by atoms with van der Waals surface area (Å²) in [5, 5.41) is 11.0. The van der Waals surface area contributed by atoms with Crippen molar-refractivity contribution in [3.63, 3.8) is 0 Å². The summed E-state index contributed by atoms with van der Waals surface area (Å²) in [5.41, 5.74) is -1.23. The van der Waals surface area contributed by atoms with Gasteiger partial charge in [0.25, 0.3) is 6.43 Å². The number of hydrogen-bond donors (Lipinski definition) is 2. The smallest absolute Gasteiger partial charge is 0.310 e. The lowest BCUT2D eigenvalue weighted by Crippen LogP contribution is -2.40. The SMILES string of the molecule is CC(C)C(C)(CC(=O)NCC(F)F)C(=O)O. The number of carbonyl (C=O) groups is 2. The van der Waals surface area contributed by atoms with E-state index in [-0.39, 0.29) is 12.3 Å². The Hall–Kier alpha value is -1.20. The Kier molecular flexibility index (Phi) is 5.33. The summed E-state index contributed by atoms with van der Waals surface area (Å²) < 4.78 is 23.6. The second-order valence-corrected chi connectivity index (χ2v) is 4.25. The summed E-state index contributed by atoms with van der Waals surface area (Å²) in [5.74, 6) is -2.03. The molecule has 0 saturated heterocycles. The maximum absolute atomic E-state index is 11.8. The van der Waals surface area contributed by atoms with E-state index < -0.39 is 30.3 Å². The minimum Gasteiger partial charge on any atom is -0.481 e. The molecule has 0 rings (SSSR count). The Bertz CT molecular complexity index is 269. The minimum atomic E-state index is -2.63. The zero-order chi connectivity index (χ0) is 12.9. The molecule has 1 unspecified atom stereocenters. The van der Waals surface area contributed by atoms with Gasteiger partial charge in [-0.1, -0.05) is 13.8 Å². The van der Waals surface area contributed by atoms with Crippen molar-refractivity contribution in [3.8, 4) is 0 Å². The van der Waals surface area contributed by atoms with Crippen molar-refractivity contribution in [2.24, 2.45) is 11.3 Å². The molecule has 0 fully saturated rings. The van der Waals surface area contributed by atoms with E-state index >= 15 is 0 Å². The number of halogens is 2. The molecule has 0 aromatic carbocycles. The molecule has 0 aromatic rings. The summed E-state index contributed by atoms with van der Waals surface area (Å²) in [4.78, 5) is 22.3. The number of aliphatic carboxylic acids is 1. The summed E-state index contributed by atoms with van der Waals surface area (Å²) in [6, 6.07) is 0. The van der Waals surface area contributed by atoms with Crippen molar-refractivity contribution in [2.45, 2.75) is 33.6 Å². The first kappa shape index (κ1) is 14.8. The van der Waals surface area contributed by atoms with Crippen LogP contribution in [0.5, 0.6) is 0 Å². The molecule has 0 saturated carbocycles. The number of hydrogen-bond acceptors (Lipinski definition) is 2. The number of alkyl halides is 2. The van der Waals surface area contributed by atoms with E-state index in [9.17, 15) is 18.4 Å². The lowest BCUT2D eigenvalue weighted by Gasteiger charge is -2.28. The number of amides is 1. The highest BCUT2D eigenvalue weighted by atomic mass is 19.3. The van der Waals surface area contributed by atoms with Crippen molar-refractivity contribution in [1.29, 1.82) is 0 Å². The van der Waals surface area contributed by atoms with Gasteiger partial charge in [-0.25, -0.2) is 8.78 Å². The van der Waals surface area contributed by atoms with Crippen molar-refractivity contribution >= 4 is 11.9 Å². The molecule has 16 heavy (non-hydrogen) atoms. The molecular formula is C10H17F2NO3. The van der Waals surface area contributed by atoms with Gasteiger partial charge in [-0.2, -0.15) is 0 Å². The first-order valence-electron chi connectivity index (χ1n) is 4.98. The van der Waals surface area contributed by atoms with Crippen molar-refractivity contribution in [3.05, 3.63) is 0 Å². The Morgan fingerprint density at radius 1 is 1.38 bits per heavy atom. The number of carbonyl (C=O) groups excluding carboxylic acids is 1. The molecule has 6 heteroatoms. The number of rotatable bonds is 6. The molecule has 0 spiro atoms. The van der Waals surface area contributed by atoms with E-state index in [1.165, 1.54) is 6.92 Å². The molecule has 0 aliphatic heterocycles. The topological polar surface area (TPSA) is 66.4 Å². The highest BCUT2D eigenvalue weighted by molar-refractivity contribution is 5.84. The molecule has 0 radical (unpaired) electrons. The molecule has 0 aromatic heterocycles. The number of nitrogens with one attached hydrogen (secondary N) is 1. The highest BCUT2D eigenvalue weighted by Gasteiger charge is 2.38. The maximum atomic E-state index is 11.8. The Balaban J connectivity index is 4.42. The van der Waals surface area contributed by atoms with Gasteiger partial charge in [0.2, 0.25) is 5.91 Å². The number of carboxylic acid groups (broad SMARTS) is 1. The van der Waals surface area contributed by atoms with Gasteiger partial charge in [0.15, 0.2) is 0 Å². The Morgan fingerprint density at radius 2 is 1.88 bits per heavy atom. The van der Waals surface area contributed by atoms with Crippen LogP contribution in [0.15, 0.2) is 0 Å². The molecule has 4 nitrogen and oxygen atoms in total. The molecule has 1 atom stereocenters. The van der Waals surface area contributed by atoms with E-state index in [0.717, 1.165) is 0 Å². The van der Waals surface area contributed by atoms with Crippen LogP contribution < -0.4 is 5.32 Å². The fourth-order valence-electron chi connectivity index (χ4n) is 1.11. The predicted octanol–water partition coefficient (Wildman–Crippen LogP) is 1.50. The average molecular weight is 237 g/mol. The molecule has 1 amide bonds. The van der Waals surface area contributed by atoms with E-state index in [4.69, 9.17) is 5.11 Å². The quantitative estimate of drug-likeness (QED) is 0.735. The minimum absolute atomic E-state index is 0.262. The van der Waals surface area contributed by atoms with E-state index in [1.54, 1.807) is 13.8 Å². The lowest BCUT2D eigenvalue weighted by atomic mass is 9.76. The van der Waals surface area contributed by atoms with E-state index in [1.807, 2.05) is 5.32 Å². The van der Waals surface area contributed by atoms with Crippen LogP contribution in [0.25, 0.3) is 0 Å². The first-order valence-corrected chi connectivity index (χ1v) is 4.98. The van der Waals surface area contributed by atoms with Crippen molar-refractivity contribution in [2.75, 3.05) is 6.54 Å². The third kappa shape index (κ3) is 4.12. The van der Waals surface area contributed by atoms with Gasteiger partial charge in [0.05, 0.1) is 12.0 Å². The van der Waals surface area contributed by atoms with Crippen LogP contribution in [0, 0.1) is 11.3 Å². The van der Waals surface area contributed by atoms with Crippen LogP contribution >= 0.6 is 0 Å². The second-order valence-electron chi connectivity index (χ2n) is 4.25. The van der Waals surface area contributed by atoms with Gasteiger partial charge >= 0.3 is 5.97 Å². The normalized spacial score (nSPS) is 14.9. The van der Waals surface area contributed by atoms with Crippen LogP contribution in [0.2, 0.25) is 0 Å². The first-order chi connectivity index (χ1) is 7.20. The molecule has 0 aliphatic carbocycles. The molecule has 2 N–H and O–H groups in total. The van der Waals surface area contributed by atoms with Crippen molar-refractivity contribution < 1.29 is 23.5 Å². The zero-order valence-electron chi connectivity index (χ0n) is 9.59. The standard InChI is InChI=1S/C10H17F2NO3/c1-6(2)10(3,9(15)16)4-8(14)13-5-7(11)12/h6-7H,4-5H2,1-3H3,(H,13,14)(H,15,16). The van der Waals surface area contributed by atoms with Crippen LogP contribution in [0.3, 0.4) is 0 Å². The van der Waals surface area contributed by atoms with Gasteiger partial charge in [-0.15, -0.1) is 0 Å². The van der Waals surface area contributed by atoms with Crippen LogP contribution in [0.1, 0.15) is 27.2 Å². The van der Waals surface area contributed by atoms with E-state index in [0.29, 0.717) is 0 Å². The van der Waals surface area contributed by atoms with Crippen LogP contribution in [0.4, 0.5) is 8.78 Å². The Morgan fingerprint density at radius 3 is 2.19 bits per heavy atom. The van der Waals surface area contributed by atoms with Crippen LogP contribution in [-0.2, 0) is 9.59 Å². The summed E-state index contributed by atoms with van der Waals surface area (Å²) in [6.45, 7) is 4.04. The highest BCUT2D eigenvalue weighted by Crippen LogP contribution is 2.31. The van der Waals surface area contributed by atoms with Crippen molar-refractivity contribution in [1.82, 2.24) is 5.32 Å². The van der Waals surface area contributed by atoms with E-state index in [2.05, 4.69) is 0 Å². The molecule has 0 heterocycles. The van der Waals surface area contributed by atoms with Gasteiger partial charge in [0, 0.05) is 6.42 Å². The zero-order valence-corrected chi connectivity index (χ0v) is 9.59.